The zero-order valence-corrected chi connectivity index (χ0v) is 7.23. The van der Waals surface area contributed by atoms with Crippen LogP contribution in [0.3, 0.4) is 0 Å². The van der Waals surface area contributed by atoms with Gasteiger partial charge in [0.15, 0.2) is 0 Å². The highest BCUT2D eigenvalue weighted by Gasteiger charge is 2.14. The van der Waals surface area contributed by atoms with Crippen molar-refractivity contribution in [1.82, 2.24) is 11.1 Å². The molecule has 0 aromatic heterocycles. The van der Waals surface area contributed by atoms with Crippen molar-refractivity contribution < 1.29 is 9.53 Å². The molecule has 0 heterocycles. The molecule has 0 aliphatic heterocycles. The van der Waals surface area contributed by atoms with Gasteiger partial charge in [-0.2, -0.15) is 0 Å². The molecule has 4 nitrogen and oxygen atoms in total. The van der Waals surface area contributed by atoms with Crippen molar-refractivity contribution in [1.29, 1.82) is 0 Å². The molecule has 0 atom stereocenters. The average molecular weight is 159 g/mol. The Balaban J connectivity index is 3.53. The Bertz CT molecular complexity index is 129. The van der Waals surface area contributed by atoms with E-state index in [9.17, 15) is 4.79 Å². The van der Waals surface area contributed by atoms with Gasteiger partial charge in [-0.3, -0.25) is 5.73 Å². The second kappa shape index (κ2) is 4.18. The number of nitrogens with one attached hydrogen (secondary N) is 2. The van der Waals surface area contributed by atoms with Crippen LogP contribution in [-0.4, -0.2) is 24.8 Å². The normalized spacial score (nSPS) is 10.9. The minimum absolute atomic E-state index is 0.180. The fraction of sp³-hybridized carbons (Fsp3) is 0.857. The van der Waals surface area contributed by atoms with Crippen molar-refractivity contribution in [2.24, 2.45) is 0 Å². The van der Waals surface area contributed by atoms with Gasteiger partial charge >= 0.3 is 6.09 Å². The number of ether oxygens (including phenoxy) is 1. The average Bonchev–Trinajstić information content (AvgIpc) is 1.79. The molecule has 1 radical (unpaired) electrons. The number of amides is 1. The Morgan fingerprint density at radius 3 is 2.45 bits per heavy atom. The second-order valence-corrected chi connectivity index (χ2v) is 3.18. The molecule has 65 valence electrons. The maximum Gasteiger partial charge on any atom is 0.407 e. The third kappa shape index (κ3) is 7.12. The summed E-state index contributed by atoms with van der Waals surface area (Å²) in [5.74, 6) is 0. The van der Waals surface area contributed by atoms with Gasteiger partial charge in [0.1, 0.15) is 5.60 Å². The summed E-state index contributed by atoms with van der Waals surface area (Å²) >= 11 is 0. The first kappa shape index (κ1) is 10.2. The van der Waals surface area contributed by atoms with Crippen molar-refractivity contribution in [3.63, 3.8) is 0 Å². The molecule has 0 unspecified atom stereocenters. The molecule has 2 N–H and O–H groups in total. The molecule has 0 aliphatic carbocycles. The van der Waals surface area contributed by atoms with Gasteiger partial charge in [-0.05, 0) is 20.8 Å². The minimum Gasteiger partial charge on any atom is -0.444 e. The highest BCUT2D eigenvalue weighted by molar-refractivity contribution is 5.67. The highest BCUT2D eigenvalue weighted by atomic mass is 16.6. The molecule has 0 spiro atoms. The number of alkyl carbamates (subject to hydrolysis) is 1. The summed E-state index contributed by atoms with van der Waals surface area (Å²) in [5, 5.41) is 2.44. The minimum atomic E-state index is -0.454. The van der Waals surface area contributed by atoms with E-state index in [4.69, 9.17) is 10.5 Å². The van der Waals surface area contributed by atoms with Crippen LogP contribution in [0, 0.1) is 0 Å². The van der Waals surface area contributed by atoms with E-state index in [0.717, 1.165) is 0 Å². The molecule has 0 aromatic carbocycles. The Morgan fingerprint density at radius 1 is 1.55 bits per heavy atom. The summed E-state index contributed by atoms with van der Waals surface area (Å²) < 4.78 is 4.91. The molecule has 0 saturated carbocycles. The van der Waals surface area contributed by atoms with Gasteiger partial charge in [0.2, 0.25) is 0 Å². The number of carbonyl (C=O) groups excluding carboxylic acids is 1. The molecule has 4 heteroatoms. The summed E-state index contributed by atoms with van der Waals surface area (Å²) in [6.45, 7) is 5.92. The zero-order valence-electron chi connectivity index (χ0n) is 7.23. The summed E-state index contributed by atoms with van der Waals surface area (Å²) in [4.78, 5) is 10.8. The smallest absolute Gasteiger partial charge is 0.407 e. The van der Waals surface area contributed by atoms with Crippen molar-refractivity contribution >= 4 is 6.09 Å². The number of carbonyl (C=O) groups is 1. The van der Waals surface area contributed by atoms with Crippen LogP contribution >= 0.6 is 0 Å². The van der Waals surface area contributed by atoms with Gasteiger partial charge in [-0.15, -0.1) is 0 Å². The lowest BCUT2D eigenvalue weighted by molar-refractivity contribution is 0.0529. The Morgan fingerprint density at radius 2 is 2.09 bits per heavy atom. The van der Waals surface area contributed by atoms with Crippen LogP contribution in [0.4, 0.5) is 4.79 Å². The molecule has 0 fully saturated rings. The van der Waals surface area contributed by atoms with Crippen LogP contribution in [0.1, 0.15) is 20.8 Å². The monoisotopic (exact) mass is 159 g/mol. The van der Waals surface area contributed by atoms with E-state index < -0.39 is 11.7 Å². The first-order valence-electron chi connectivity index (χ1n) is 3.57. The molecule has 0 rings (SSSR count). The van der Waals surface area contributed by atoms with Crippen molar-refractivity contribution in [2.45, 2.75) is 26.4 Å². The first-order chi connectivity index (χ1) is 4.95. The lowest BCUT2D eigenvalue weighted by atomic mass is 10.2. The lowest BCUT2D eigenvalue weighted by Gasteiger charge is -2.19. The summed E-state index contributed by atoms with van der Waals surface area (Å²) in [6, 6.07) is 0. The molecule has 0 aromatic rings. The highest BCUT2D eigenvalue weighted by Crippen LogP contribution is 2.05. The SMILES string of the molecule is CC(C)(C)OC(=O)NCC[NH]. The van der Waals surface area contributed by atoms with Crippen LogP contribution in [0.2, 0.25) is 0 Å². The van der Waals surface area contributed by atoms with Gasteiger partial charge in [0.25, 0.3) is 0 Å². The third-order valence-corrected chi connectivity index (χ3v) is 0.793. The van der Waals surface area contributed by atoms with E-state index in [2.05, 4.69) is 5.32 Å². The fourth-order valence-electron chi connectivity index (χ4n) is 0.479. The molecular weight excluding hydrogens is 144 g/mol. The van der Waals surface area contributed by atoms with Crippen LogP contribution in [-0.2, 0) is 4.74 Å². The van der Waals surface area contributed by atoms with E-state index in [1.54, 1.807) is 20.8 Å². The maximum atomic E-state index is 10.8. The van der Waals surface area contributed by atoms with Gasteiger partial charge in [-0.1, -0.05) is 0 Å². The molecular formula is C7H15N2O2. The Labute approximate surface area is 67.1 Å². The predicted molar refractivity (Wildman–Crippen MR) is 42.2 cm³/mol. The van der Waals surface area contributed by atoms with E-state index in [1.807, 2.05) is 0 Å². The fourth-order valence-corrected chi connectivity index (χ4v) is 0.479. The molecule has 0 saturated heterocycles. The van der Waals surface area contributed by atoms with Gasteiger partial charge < -0.3 is 10.1 Å². The molecule has 1 amide bonds. The molecule has 11 heavy (non-hydrogen) atoms. The quantitative estimate of drug-likeness (QED) is 0.647. The first-order valence-corrected chi connectivity index (χ1v) is 3.57. The maximum absolute atomic E-state index is 10.8. The molecule has 0 aliphatic rings. The van der Waals surface area contributed by atoms with E-state index in [-0.39, 0.29) is 6.54 Å². The van der Waals surface area contributed by atoms with Crippen LogP contribution in [0.5, 0.6) is 0 Å². The van der Waals surface area contributed by atoms with E-state index in [1.165, 1.54) is 0 Å². The van der Waals surface area contributed by atoms with Gasteiger partial charge in [0, 0.05) is 13.1 Å². The van der Waals surface area contributed by atoms with Crippen molar-refractivity contribution in [3.05, 3.63) is 0 Å². The molecule has 0 bridgehead atoms. The van der Waals surface area contributed by atoms with E-state index >= 15 is 0 Å². The van der Waals surface area contributed by atoms with Crippen LogP contribution < -0.4 is 11.1 Å². The lowest BCUT2D eigenvalue weighted by Crippen LogP contribution is -2.34. The third-order valence-electron chi connectivity index (χ3n) is 0.793. The zero-order chi connectivity index (χ0) is 8.91. The number of hydrogen-bond donors (Lipinski definition) is 1. The summed E-state index contributed by atoms with van der Waals surface area (Å²) in [7, 11) is 0. The predicted octanol–water partition coefficient (Wildman–Crippen LogP) is 0.794. The summed E-state index contributed by atoms with van der Waals surface area (Å²) in [6.07, 6.45) is -0.454. The Hall–Kier alpha value is -0.770. The van der Waals surface area contributed by atoms with Crippen molar-refractivity contribution in [2.75, 3.05) is 13.1 Å². The van der Waals surface area contributed by atoms with E-state index in [0.29, 0.717) is 6.54 Å². The number of rotatable bonds is 2. The van der Waals surface area contributed by atoms with Crippen LogP contribution in [0.15, 0.2) is 0 Å². The second-order valence-electron chi connectivity index (χ2n) is 3.18. The van der Waals surface area contributed by atoms with Gasteiger partial charge in [0.05, 0.1) is 0 Å². The Kier molecular flexibility index (Phi) is 3.89. The van der Waals surface area contributed by atoms with Crippen molar-refractivity contribution in [3.8, 4) is 0 Å². The topological polar surface area (TPSA) is 62.1 Å². The largest absolute Gasteiger partial charge is 0.444 e. The van der Waals surface area contributed by atoms with Crippen LogP contribution in [0.25, 0.3) is 0 Å². The number of hydrogen-bond acceptors (Lipinski definition) is 2. The summed E-state index contributed by atoms with van der Waals surface area (Å²) in [5.41, 5.74) is 6.30. The standard InChI is InChI=1S/C7H15N2O2/c1-7(2,3)11-6(10)9-5-4-8/h8H,4-5H2,1-3H3,(H,9,10). The van der Waals surface area contributed by atoms with Gasteiger partial charge in [-0.25, -0.2) is 4.79 Å².